The lowest BCUT2D eigenvalue weighted by Gasteiger charge is -2.24. The fourth-order valence-corrected chi connectivity index (χ4v) is 2.13. The third-order valence-corrected chi connectivity index (χ3v) is 3.53. The zero-order valence-electron chi connectivity index (χ0n) is 13.5. The molecule has 0 aliphatic rings. The summed E-state index contributed by atoms with van der Waals surface area (Å²) in [6, 6.07) is 10.1. The van der Waals surface area contributed by atoms with E-state index in [9.17, 15) is 18.7 Å². The van der Waals surface area contributed by atoms with Crippen LogP contribution < -0.4 is 10.1 Å². The Labute approximate surface area is 139 Å². The van der Waals surface area contributed by atoms with E-state index in [0.29, 0.717) is 11.8 Å². The molecule has 2 aromatic rings. The van der Waals surface area contributed by atoms with Gasteiger partial charge in [-0.15, -0.1) is 0 Å². The van der Waals surface area contributed by atoms with E-state index in [-0.39, 0.29) is 18.7 Å². The summed E-state index contributed by atoms with van der Waals surface area (Å²) in [5.41, 5.74) is -0.690. The molecular formula is C18H19F2NO3. The molecule has 2 N–H and O–H groups in total. The first-order valence-electron chi connectivity index (χ1n) is 7.42. The average Bonchev–Trinajstić information content (AvgIpc) is 2.52. The molecule has 24 heavy (non-hydrogen) atoms. The van der Waals surface area contributed by atoms with Crippen LogP contribution in [0.25, 0.3) is 0 Å². The predicted octanol–water partition coefficient (Wildman–Crippen LogP) is 2.68. The third kappa shape index (κ3) is 4.76. The SMILES string of the molecule is Cc1ccc(OCC(=O)NCC(C)(O)c2ccc(F)cc2F)cc1. The lowest BCUT2D eigenvalue weighted by molar-refractivity contribution is -0.124. The van der Waals surface area contributed by atoms with Crippen LogP contribution in [0, 0.1) is 18.6 Å². The van der Waals surface area contributed by atoms with Crippen LogP contribution in [-0.4, -0.2) is 24.2 Å². The first-order valence-corrected chi connectivity index (χ1v) is 7.42. The number of hydrogen-bond acceptors (Lipinski definition) is 3. The summed E-state index contributed by atoms with van der Waals surface area (Å²) in [5.74, 6) is -1.52. The van der Waals surface area contributed by atoms with Gasteiger partial charge in [-0.1, -0.05) is 23.8 Å². The Morgan fingerprint density at radius 1 is 1.21 bits per heavy atom. The van der Waals surface area contributed by atoms with Crippen LogP contribution in [0.1, 0.15) is 18.1 Å². The van der Waals surface area contributed by atoms with Crippen molar-refractivity contribution in [3.05, 3.63) is 65.2 Å². The second-order valence-electron chi connectivity index (χ2n) is 5.78. The highest BCUT2D eigenvalue weighted by molar-refractivity contribution is 5.77. The molecule has 1 amide bonds. The summed E-state index contributed by atoms with van der Waals surface area (Å²) in [6.07, 6.45) is 0. The van der Waals surface area contributed by atoms with Gasteiger partial charge in [-0.05, 0) is 32.0 Å². The summed E-state index contributed by atoms with van der Waals surface area (Å²) < 4.78 is 32.0. The molecule has 0 aliphatic carbocycles. The average molecular weight is 335 g/mol. The van der Waals surface area contributed by atoms with E-state index in [4.69, 9.17) is 4.74 Å². The highest BCUT2D eigenvalue weighted by Crippen LogP contribution is 2.23. The number of halogens is 2. The number of ether oxygens (including phenoxy) is 1. The van der Waals surface area contributed by atoms with E-state index in [2.05, 4.69) is 5.32 Å². The zero-order chi connectivity index (χ0) is 17.7. The minimum Gasteiger partial charge on any atom is -0.484 e. The Bertz CT molecular complexity index is 715. The quantitative estimate of drug-likeness (QED) is 0.853. The Morgan fingerprint density at radius 2 is 1.88 bits per heavy atom. The monoisotopic (exact) mass is 335 g/mol. The smallest absolute Gasteiger partial charge is 0.258 e. The van der Waals surface area contributed by atoms with Gasteiger partial charge >= 0.3 is 0 Å². The highest BCUT2D eigenvalue weighted by atomic mass is 19.1. The molecule has 0 bridgehead atoms. The first-order chi connectivity index (χ1) is 11.3. The van der Waals surface area contributed by atoms with Crippen molar-refractivity contribution in [1.29, 1.82) is 0 Å². The molecular weight excluding hydrogens is 316 g/mol. The Kier molecular flexibility index (Phi) is 5.51. The van der Waals surface area contributed by atoms with E-state index in [1.165, 1.54) is 6.92 Å². The Balaban J connectivity index is 1.89. The maximum Gasteiger partial charge on any atom is 0.258 e. The van der Waals surface area contributed by atoms with Crippen LogP contribution in [-0.2, 0) is 10.4 Å². The number of aryl methyl sites for hydroxylation is 1. The second-order valence-corrected chi connectivity index (χ2v) is 5.78. The molecule has 0 heterocycles. The minimum absolute atomic E-state index is 0.0938. The van der Waals surface area contributed by atoms with Gasteiger partial charge in [-0.25, -0.2) is 8.78 Å². The summed E-state index contributed by atoms with van der Waals surface area (Å²) in [4.78, 5) is 11.8. The topological polar surface area (TPSA) is 58.6 Å². The number of aliphatic hydroxyl groups is 1. The van der Waals surface area contributed by atoms with E-state index >= 15 is 0 Å². The number of carbonyl (C=O) groups is 1. The van der Waals surface area contributed by atoms with Crippen LogP contribution in [0.3, 0.4) is 0 Å². The molecule has 0 aromatic heterocycles. The fourth-order valence-electron chi connectivity index (χ4n) is 2.13. The van der Waals surface area contributed by atoms with Crippen molar-refractivity contribution in [3.8, 4) is 5.75 Å². The number of rotatable bonds is 6. The lowest BCUT2D eigenvalue weighted by atomic mass is 9.95. The van der Waals surface area contributed by atoms with Gasteiger partial charge in [0, 0.05) is 11.6 Å². The molecule has 0 spiro atoms. The van der Waals surface area contributed by atoms with Crippen molar-refractivity contribution >= 4 is 5.91 Å². The summed E-state index contributed by atoms with van der Waals surface area (Å²) in [7, 11) is 0. The third-order valence-electron chi connectivity index (χ3n) is 3.53. The molecule has 2 aromatic carbocycles. The van der Waals surface area contributed by atoms with E-state index in [1.54, 1.807) is 12.1 Å². The Hall–Kier alpha value is -2.47. The molecule has 6 heteroatoms. The lowest BCUT2D eigenvalue weighted by Crippen LogP contribution is -2.41. The molecule has 0 fully saturated rings. The molecule has 0 saturated heterocycles. The second kappa shape index (κ2) is 7.40. The number of hydrogen-bond donors (Lipinski definition) is 2. The molecule has 0 aliphatic heterocycles. The van der Waals surface area contributed by atoms with Gasteiger partial charge in [0.2, 0.25) is 0 Å². The molecule has 1 atom stereocenters. The van der Waals surface area contributed by atoms with Gasteiger partial charge in [0.25, 0.3) is 5.91 Å². The molecule has 0 radical (unpaired) electrons. The van der Waals surface area contributed by atoms with Gasteiger partial charge in [0.1, 0.15) is 23.0 Å². The molecule has 1 unspecified atom stereocenters. The van der Waals surface area contributed by atoms with Crippen molar-refractivity contribution in [2.45, 2.75) is 19.4 Å². The summed E-state index contributed by atoms with van der Waals surface area (Å²) in [6.45, 7) is 2.81. The van der Waals surface area contributed by atoms with E-state index < -0.39 is 23.1 Å². The normalized spacial score (nSPS) is 13.2. The minimum atomic E-state index is -1.67. The van der Waals surface area contributed by atoms with Gasteiger partial charge in [0.05, 0.1) is 6.54 Å². The number of benzene rings is 2. The zero-order valence-corrected chi connectivity index (χ0v) is 13.5. The first kappa shape index (κ1) is 17.9. The van der Waals surface area contributed by atoms with Crippen molar-refractivity contribution in [2.24, 2.45) is 0 Å². The number of carbonyl (C=O) groups excluding carboxylic acids is 1. The van der Waals surface area contributed by atoms with Crippen molar-refractivity contribution in [2.75, 3.05) is 13.2 Å². The highest BCUT2D eigenvalue weighted by Gasteiger charge is 2.27. The predicted molar refractivity (Wildman–Crippen MR) is 85.6 cm³/mol. The van der Waals surface area contributed by atoms with E-state index in [1.807, 2.05) is 19.1 Å². The molecule has 0 saturated carbocycles. The fraction of sp³-hybridized carbons (Fsp3) is 0.278. The Morgan fingerprint density at radius 3 is 2.50 bits per heavy atom. The van der Waals surface area contributed by atoms with Gasteiger partial charge in [-0.2, -0.15) is 0 Å². The van der Waals surface area contributed by atoms with Gasteiger partial charge in [-0.3, -0.25) is 4.79 Å². The van der Waals surface area contributed by atoms with Crippen LogP contribution >= 0.6 is 0 Å². The number of amides is 1. The van der Waals surface area contributed by atoms with Gasteiger partial charge < -0.3 is 15.2 Å². The van der Waals surface area contributed by atoms with Gasteiger partial charge in [0.15, 0.2) is 6.61 Å². The maximum absolute atomic E-state index is 13.7. The number of nitrogens with one attached hydrogen (secondary N) is 1. The maximum atomic E-state index is 13.7. The largest absolute Gasteiger partial charge is 0.484 e. The molecule has 2 rings (SSSR count). The molecule has 128 valence electrons. The van der Waals surface area contributed by atoms with Crippen LogP contribution in [0.2, 0.25) is 0 Å². The van der Waals surface area contributed by atoms with Crippen LogP contribution in [0.4, 0.5) is 8.78 Å². The molecule has 4 nitrogen and oxygen atoms in total. The van der Waals surface area contributed by atoms with Crippen molar-refractivity contribution in [1.82, 2.24) is 5.32 Å². The van der Waals surface area contributed by atoms with Crippen molar-refractivity contribution in [3.63, 3.8) is 0 Å². The van der Waals surface area contributed by atoms with E-state index in [0.717, 1.165) is 17.7 Å². The van der Waals surface area contributed by atoms with Crippen LogP contribution in [0.15, 0.2) is 42.5 Å². The van der Waals surface area contributed by atoms with Crippen molar-refractivity contribution < 1.29 is 23.4 Å². The standard InChI is InChI=1S/C18H19F2NO3/c1-12-3-6-14(7-4-12)24-10-17(22)21-11-18(2,23)15-8-5-13(19)9-16(15)20/h3-9,23H,10-11H2,1-2H3,(H,21,22). The van der Waals surface area contributed by atoms with Crippen LogP contribution in [0.5, 0.6) is 5.75 Å². The summed E-state index contributed by atoms with van der Waals surface area (Å²) in [5, 5.41) is 12.8. The summed E-state index contributed by atoms with van der Waals surface area (Å²) >= 11 is 0.